The zero-order valence-corrected chi connectivity index (χ0v) is 56.6. The molecule has 7 fully saturated rings. The first-order valence-corrected chi connectivity index (χ1v) is 33.5. The molecule has 5 saturated carbocycles. The Kier molecular flexibility index (Phi) is 53.4. The summed E-state index contributed by atoms with van der Waals surface area (Å²) in [6, 6.07) is 0. The van der Waals surface area contributed by atoms with Gasteiger partial charge in [-0.25, -0.2) is 0 Å². The molecule has 9 rings (SSSR count). The van der Waals surface area contributed by atoms with Gasteiger partial charge in [-0.2, -0.15) is 0 Å². The van der Waals surface area contributed by atoms with Gasteiger partial charge in [0.05, 0.1) is 12.2 Å². The highest BCUT2D eigenvalue weighted by molar-refractivity contribution is 5.75. The van der Waals surface area contributed by atoms with Crippen LogP contribution in [0.3, 0.4) is 0 Å². The second kappa shape index (κ2) is 49.7. The molecule has 0 bridgehead atoms. The molecule has 0 aromatic rings. The van der Waals surface area contributed by atoms with E-state index in [0.29, 0.717) is 12.2 Å². The molecular formula is C72H145BFO4. The van der Waals surface area contributed by atoms with Crippen LogP contribution in [-0.2, 0) is 9.47 Å². The lowest BCUT2D eigenvalue weighted by atomic mass is 9.69. The van der Waals surface area contributed by atoms with Crippen LogP contribution in [0, 0.1) is 94.7 Å². The van der Waals surface area contributed by atoms with Crippen molar-refractivity contribution in [1.29, 1.82) is 0 Å². The van der Waals surface area contributed by atoms with Crippen LogP contribution in [0.4, 0.5) is 4.70 Å². The van der Waals surface area contributed by atoms with E-state index in [1.165, 1.54) is 180 Å². The Hall–Kier alpha value is -0.685. The van der Waals surface area contributed by atoms with E-state index in [0.717, 1.165) is 108 Å². The van der Waals surface area contributed by atoms with Crippen molar-refractivity contribution in [3.05, 3.63) is 23.3 Å². The van der Waals surface area contributed by atoms with E-state index in [9.17, 15) is 0 Å². The Morgan fingerprint density at radius 1 is 0.282 bits per heavy atom. The van der Waals surface area contributed by atoms with Gasteiger partial charge in [-0.05, 0) is 187 Å². The first kappa shape index (κ1) is 83.8. The topological polar surface area (TPSA) is 81.5 Å². The molecule has 2 aliphatic heterocycles. The molecule has 2 heterocycles. The Morgan fingerprint density at radius 3 is 0.628 bits per heavy atom. The van der Waals surface area contributed by atoms with Crippen molar-refractivity contribution in [3.8, 4) is 0 Å². The molecule has 9 aliphatic rings. The molecule has 6 heteroatoms. The highest BCUT2D eigenvalue weighted by atomic mass is 19.0. The third-order valence-electron chi connectivity index (χ3n) is 20.2. The van der Waals surface area contributed by atoms with Crippen LogP contribution in [0.1, 0.15) is 318 Å². The van der Waals surface area contributed by atoms with Crippen molar-refractivity contribution in [2.45, 2.75) is 330 Å². The molecule has 3 radical (unpaired) electrons. The minimum Gasteiger partial charge on any atom is -0.412 e. The minimum absolute atomic E-state index is 0. The largest absolute Gasteiger partial charge is 0.412 e. The summed E-state index contributed by atoms with van der Waals surface area (Å²) in [6.45, 7) is 48.4. The molecule has 467 valence electrons. The van der Waals surface area contributed by atoms with E-state index in [2.05, 4.69) is 151 Å². The van der Waals surface area contributed by atoms with Crippen LogP contribution in [0.2, 0.25) is 0 Å². The summed E-state index contributed by atoms with van der Waals surface area (Å²) in [4.78, 5) is 0. The number of hydrogen-bond donors (Lipinski definition) is 0. The van der Waals surface area contributed by atoms with E-state index in [-0.39, 0.29) is 24.1 Å². The molecule has 0 amide bonds. The lowest BCUT2D eigenvalue weighted by Gasteiger charge is -2.36. The number of ether oxygens (including phenoxy) is 2. The van der Waals surface area contributed by atoms with Crippen LogP contribution >= 0.6 is 0 Å². The van der Waals surface area contributed by atoms with Crippen molar-refractivity contribution < 1.29 is 25.1 Å². The van der Waals surface area contributed by atoms with Gasteiger partial charge >= 0.3 is 0 Å². The maximum atomic E-state index is 5.39. The summed E-state index contributed by atoms with van der Waals surface area (Å²) in [5, 5.41) is 0. The molecule has 0 aromatic heterocycles. The van der Waals surface area contributed by atoms with E-state index in [1.54, 1.807) is 11.1 Å². The second-order valence-electron chi connectivity index (χ2n) is 29.2. The predicted octanol–water partition coefficient (Wildman–Crippen LogP) is 21.9. The fraction of sp³-hybridized carbons (Fsp3) is 0.944. The minimum atomic E-state index is 0. The summed E-state index contributed by atoms with van der Waals surface area (Å²) in [7, 11) is 0. The van der Waals surface area contributed by atoms with Crippen molar-refractivity contribution in [3.63, 3.8) is 0 Å². The third kappa shape index (κ3) is 44.8. The van der Waals surface area contributed by atoms with Gasteiger partial charge < -0.3 is 20.4 Å². The molecule has 2 saturated heterocycles. The average molecular weight is 1100 g/mol. The molecular weight excluding hydrogens is 959 g/mol. The predicted molar refractivity (Wildman–Crippen MR) is 350 cm³/mol. The SMILES string of the molecule is CC1=CCC(C)CC1.CC1=CCC(C)CC1.CC1CCC(C)C(C)C1C.CC1CCC(C)CC1.CC1CCC(C)CC1.CC1CCC(C)CC1.CC1CCC(C)CC1.CC1CCC(C)OC1.CC1CCC(C)OC1.F.O.O.[B]. The van der Waals surface area contributed by atoms with Gasteiger partial charge in [0.25, 0.3) is 0 Å². The van der Waals surface area contributed by atoms with E-state index < -0.39 is 0 Å². The maximum Gasteiger partial charge on any atom is 0.0547 e. The monoisotopic (exact) mass is 1100 g/mol. The smallest absolute Gasteiger partial charge is 0.0547 e. The van der Waals surface area contributed by atoms with E-state index in [4.69, 9.17) is 9.47 Å². The molecule has 78 heavy (non-hydrogen) atoms. The lowest BCUT2D eigenvalue weighted by molar-refractivity contribution is 0.000174. The number of rotatable bonds is 0. The van der Waals surface area contributed by atoms with Gasteiger partial charge in [-0.3, -0.25) is 4.70 Å². The summed E-state index contributed by atoms with van der Waals surface area (Å²) >= 11 is 0. The van der Waals surface area contributed by atoms with Gasteiger partial charge in [0.15, 0.2) is 0 Å². The quantitative estimate of drug-likeness (QED) is 0.179. The Morgan fingerprint density at radius 2 is 0.487 bits per heavy atom. The highest BCUT2D eigenvalue weighted by Gasteiger charge is 2.28. The van der Waals surface area contributed by atoms with Crippen LogP contribution in [0.15, 0.2) is 23.3 Å². The third-order valence-corrected chi connectivity index (χ3v) is 20.2. The first-order valence-electron chi connectivity index (χ1n) is 33.5. The van der Waals surface area contributed by atoms with Crippen LogP contribution in [0.25, 0.3) is 0 Å². The molecule has 0 spiro atoms. The number of halogens is 1. The van der Waals surface area contributed by atoms with Crippen LogP contribution in [0.5, 0.6) is 0 Å². The molecule has 7 aliphatic carbocycles. The summed E-state index contributed by atoms with van der Waals surface area (Å²) in [6.07, 6.45) is 45.6. The molecule has 10 atom stereocenters. The van der Waals surface area contributed by atoms with Gasteiger partial charge in [-0.15, -0.1) is 0 Å². The van der Waals surface area contributed by atoms with Crippen molar-refractivity contribution >= 4 is 8.41 Å². The Balaban J connectivity index is -0.000000393. The lowest BCUT2D eigenvalue weighted by Crippen LogP contribution is -2.27. The fourth-order valence-corrected chi connectivity index (χ4v) is 12.0. The molecule has 4 nitrogen and oxygen atoms in total. The van der Waals surface area contributed by atoms with Crippen molar-refractivity contribution in [2.75, 3.05) is 13.2 Å². The Bertz CT molecular complexity index is 1080. The van der Waals surface area contributed by atoms with E-state index in [1.807, 2.05) is 0 Å². The Labute approximate surface area is 493 Å². The highest BCUT2D eigenvalue weighted by Crippen LogP contribution is 2.38. The molecule has 10 unspecified atom stereocenters. The summed E-state index contributed by atoms with van der Waals surface area (Å²) in [5.41, 5.74) is 3.17. The number of hydrogen-bond acceptors (Lipinski definition) is 2. The fourth-order valence-electron chi connectivity index (χ4n) is 12.0. The summed E-state index contributed by atoms with van der Waals surface area (Å²) < 4.78 is 10.8. The second-order valence-corrected chi connectivity index (χ2v) is 29.2. The standard InChI is InChI=1S/C10H20.4C8H16.2C8H14.2C7H14O.B.FH.2H2O/c1-7-5-6-8(2)10(4)9(7)3;6*1-7-3-5-8(2)6-4-7;2*1-6-3-4-7(2)8-5-6;;;;/h7-10H,5-6H2,1-4H3;4*7-8H,3-6H2,1-2H3;2*3,8H,4-6H2,1-2H3;2*6-7H,3-5H2,1-2H3;;1H;2*1H2. The van der Waals surface area contributed by atoms with Gasteiger partial charge in [-0.1, -0.05) is 250 Å². The molecule has 4 N–H and O–H groups in total. The average Bonchev–Trinajstić information content (AvgIpc) is 3.38. The first-order chi connectivity index (χ1) is 34.9. The van der Waals surface area contributed by atoms with Crippen LogP contribution < -0.4 is 0 Å². The number of allylic oxidation sites excluding steroid dienone is 4. The van der Waals surface area contributed by atoms with Gasteiger partial charge in [0.1, 0.15) is 0 Å². The van der Waals surface area contributed by atoms with Crippen molar-refractivity contribution in [2.24, 2.45) is 94.7 Å². The van der Waals surface area contributed by atoms with Crippen molar-refractivity contribution in [1.82, 2.24) is 0 Å². The zero-order valence-electron chi connectivity index (χ0n) is 56.6. The summed E-state index contributed by atoms with van der Waals surface area (Å²) in [5.74, 6) is 15.5. The zero-order chi connectivity index (χ0) is 55.6. The van der Waals surface area contributed by atoms with Gasteiger partial charge in [0, 0.05) is 21.6 Å². The molecule has 0 aromatic carbocycles. The maximum absolute atomic E-state index is 5.39. The van der Waals surface area contributed by atoms with Gasteiger partial charge in [0.2, 0.25) is 0 Å². The van der Waals surface area contributed by atoms with Crippen LogP contribution in [-0.4, -0.2) is 44.8 Å². The van der Waals surface area contributed by atoms with E-state index >= 15 is 0 Å². The normalized spacial score (nSPS) is 36.9.